The van der Waals surface area contributed by atoms with E-state index in [9.17, 15) is 4.79 Å². The van der Waals surface area contributed by atoms with Crippen molar-refractivity contribution in [3.05, 3.63) is 89.5 Å². The smallest absolute Gasteiger partial charge is 0.255 e. The first-order valence-corrected chi connectivity index (χ1v) is 11.8. The van der Waals surface area contributed by atoms with Crippen molar-refractivity contribution in [2.24, 2.45) is 0 Å². The van der Waals surface area contributed by atoms with Gasteiger partial charge in [-0.05, 0) is 61.6 Å². The Bertz CT molecular complexity index is 1280. The summed E-state index contributed by atoms with van der Waals surface area (Å²) in [5, 5.41) is 2.99. The maximum absolute atomic E-state index is 12.9. The number of carbonyl (C=O) groups is 1. The van der Waals surface area contributed by atoms with Crippen LogP contribution in [0.4, 0.5) is 5.82 Å². The standard InChI is InChI=1S/C27H29N5O2/c1-20-8-7-15-32-18-22(30-26(20)32)19-34-24-10-4-3-9-23(24)27(33)29-17-21-11-12-25(28-16-21)31-13-5-2-6-14-31/h3-4,7-12,15-16,18H,2,5-6,13-14,17,19H2,1H3,(H,29,33). The first kappa shape index (κ1) is 21.9. The molecule has 1 aromatic carbocycles. The normalized spacial score (nSPS) is 13.7. The molecule has 1 aliphatic heterocycles. The van der Waals surface area contributed by atoms with Gasteiger partial charge >= 0.3 is 0 Å². The van der Waals surface area contributed by atoms with Gasteiger partial charge in [0.2, 0.25) is 0 Å². The number of rotatable bonds is 7. The first-order chi connectivity index (χ1) is 16.7. The number of nitrogens with zero attached hydrogens (tertiary/aromatic N) is 4. The van der Waals surface area contributed by atoms with Crippen LogP contribution in [0.3, 0.4) is 0 Å². The van der Waals surface area contributed by atoms with E-state index in [-0.39, 0.29) is 12.5 Å². The number of anilines is 1. The number of amides is 1. The molecule has 7 nitrogen and oxygen atoms in total. The highest BCUT2D eigenvalue weighted by atomic mass is 16.5. The van der Waals surface area contributed by atoms with Gasteiger partial charge in [0, 0.05) is 38.2 Å². The van der Waals surface area contributed by atoms with Crippen molar-refractivity contribution < 1.29 is 9.53 Å². The third-order valence-electron chi connectivity index (χ3n) is 6.18. The molecular formula is C27H29N5O2. The van der Waals surface area contributed by atoms with Gasteiger partial charge in [-0.1, -0.05) is 24.3 Å². The van der Waals surface area contributed by atoms with Crippen LogP contribution in [0.25, 0.3) is 5.65 Å². The molecule has 174 valence electrons. The number of carbonyl (C=O) groups excluding carboxylic acids is 1. The average molecular weight is 456 g/mol. The lowest BCUT2D eigenvalue weighted by Gasteiger charge is -2.27. The highest BCUT2D eigenvalue weighted by Gasteiger charge is 2.14. The molecule has 0 atom stereocenters. The molecule has 0 saturated carbocycles. The number of pyridine rings is 2. The number of aromatic nitrogens is 3. The van der Waals surface area contributed by atoms with E-state index in [0.717, 1.165) is 41.4 Å². The summed E-state index contributed by atoms with van der Waals surface area (Å²) in [5.74, 6) is 1.37. The van der Waals surface area contributed by atoms with Crippen molar-refractivity contribution in [2.75, 3.05) is 18.0 Å². The Morgan fingerprint density at radius 1 is 1.06 bits per heavy atom. The summed E-state index contributed by atoms with van der Waals surface area (Å²) in [7, 11) is 0. The fourth-order valence-electron chi connectivity index (χ4n) is 4.31. The number of para-hydroxylation sites is 1. The second-order valence-electron chi connectivity index (χ2n) is 8.69. The Morgan fingerprint density at radius 2 is 1.91 bits per heavy atom. The summed E-state index contributed by atoms with van der Waals surface area (Å²) < 4.78 is 7.98. The number of hydrogen-bond donors (Lipinski definition) is 1. The molecule has 4 heterocycles. The molecule has 4 aromatic rings. The minimum Gasteiger partial charge on any atom is -0.486 e. The monoisotopic (exact) mass is 455 g/mol. The van der Waals surface area contributed by atoms with Gasteiger partial charge in [0.05, 0.1) is 11.3 Å². The van der Waals surface area contributed by atoms with Crippen molar-refractivity contribution in [2.45, 2.75) is 39.3 Å². The lowest BCUT2D eigenvalue weighted by Crippen LogP contribution is -2.30. The third-order valence-corrected chi connectivity index (χ3v) is 6.18. The van der Waals surface area contributed by atoms with E-state index < -0.39 is 0 Å². The molecular weight excluding hydrogens is 426 g/mol. The zero-order valence-corrected chi connectivity index (χ0v) is 19.4. The van der Waals surface area contributed by atoms with Crippen molar-refractivity contribution in [3.8, 4) is 5.75 Å². The summed E-state index contributed by atoms with van der Waals surface area (Å²) in [6, 6.07) is 15.4. The second kappa shape index (κ2) is 9.95. The molecule has 5 rings (SSSR count). The molecule has 7 heteroatoms. The van der Waals surface area contributed by atoms with Crippen molar-refractivity contribution in [1.82, 2.24) is 19.7 Å². The molecule has 1 fully saturated rings. The van der Waals surface area contributed by atoms with Crippen LogP contribution in [0.5, 0.6) is 5.75 Å². The molecule has 0 unspecified atom stereocenters. The van der Waals surface area contributed by atoms with Crippen LogP contribution in [-0.2, 0) is 13.2 Å². The Balaban J connectivity index is 1.21. The number of hydrogen-bond acceptors (Lipinski definition) is 5. The molecule has 1 saturated heterocycles. The summed E-state index contributed by atoms with van der Waals surface area (Å²) in [6.45, 7) is 4.85. The van der Waals surface area contributed by atoms with E-state index in [1.807, 2.05) is 72.4 Å². The highest BCUT2D eigenvalue weighted by Crippen LogP contribution is 2.21. The predicted molar refractivity (Wildman–Crippen MR) is 132 cm³/mol. The van der Waals surface area contributed by atoms with E-state index in [1.54, 1.807) is 6.07 Å². The topological polar surface area (TPSA) is 71.8 Å². The lowest BCUT2D eigenvalue weighted by atomic mass is 10.1. The van der Waals surface area contributed by atoms with Crippen LogP contribution in [0.15, 0.2) is 67.1 Å². The van der Waals surface area contributed by atoms with Gasteiger partial charge in [-0.15, -0.1) is 0 Å². The van der Waals surface area contributed by atoms with Gasteiger partial charge in [-0.3, -0.25) is 4.79 Å². The molecule has 34 heavy (non-hydrogen) atoms. The van der Waals surface area contributed by atoms with Gasteiger partial charge < -0.3 is 19.4 Å². The molecule has 1 aliphatic rings. The van der Waals surface area contributed by atoms with Crippen LogP contribution >= 0.6 is 0 Å². The van der Waals surface area contributed by atoms with E-state index in [4.69, 9.17) is 4.74 Å². The average Bonchev–Trinajstić information content (AvgIpc) is 3.32. The molecule has 3 aromatic heterocycles. The second-order valence-corrected chi connectivity index (χ2v) is 8.69. The molecule has 0 aliphatic carbocycles. The lowest BCUT2D eigenvalue weighted by molar-refractivity contribution is 0.0946. The van der Waals surface area contributed by atoms with Crippen LogP contribution < -0.4 is 15.0 Å². The fourth-order valence-corrected chi connectivity index (χ4v) is 4.31. The van der Waals surface area contributed by atoms with Crippen LogP contribution in [0.1, 0.15) is 46.4 Å². The minimum absolute atomic E-state index is 0.179. The van der Waals surface area contributed by atoms with Gasteiger partial charge in [0.1, 0.15) is 23.8 Å². The van der Waals surface area contributed by atoms with Gasteiger partial charge in [-0.2, -0.15) is 0 Å². The fraction of sp³-hybridized carbons (Fsp3) is 0.296. The Hall–Kier alpha value is -3.87. The zero-order valence-electron chi connectivity index (χ0n) is 19.4. The van der Waals surface area contributed by atoms with E-state index in [2.05, 4.69) is 20.2 Å². The zero-order chi connectivity index (χ0) is 23.3. The van der Waals surface area contributed by atoms with Crippen LogP contribution in [-0.4, -0.2) is 33.4 Å². The number of fused-ring (bicyclic) bond motifs is 1. The number of nitrogens with one attached hydrogen (secondary N) is 1. The molecule has 1 N–H and O–H groups in total. The molecule has 0 spiro atoms. The first-order valence-electron chi connectivity index (χ1n) is 11.8. The van der Waals surface area contributed by atoms with E-state index >= 15 is 0 Å². The van der Waals surface area contributed by atoms with Gasteiger partial charge in [0.15, 0.2) is 0 Å². The maximum Gasteiger partial charge on any atom is 0.255 e. The van der Waals surface area contributed by atoms with Crippen LogP contribution in [0, 0.1) is 6.92 Å². The molecule has 0 radical (unpaired) electrons. The van der Waals surface area contributed by atoms with Crippen molar-refractivity contribution >= 4 is 17.4 Å². The Labute approximate surface area is 199 Å². The SMILES string of the molecule is Cc1cccn2cc(COc3ccccc3C(=O)NCc3ccc(N4CCCCC4)nc3)nc12. The molecule has 1 amide bonds. The largest absolute Gasteiger partial charge is 0.486 e. The highest BCUT2D eigenvalue weighted by molar-refractivity contribution is 5.96. The van der Waals surface area contributed by atoms with Gasteiger partial charge in [0.25, 0.3) is 5.91 Å². The summed E-state index contributed by atoms with van der Waals surface area (Å²) in [5.41, 5.74) is 4.29. The minimum atomic E-state index is -0.179. The molecule has 0 bridgehead atoms. The number of imidazole rings is 1. The van der Waals surface area contributed by atoms with Crippen molar-refractivity contribution in [3.63, 3.8) is 0 Å². The Kier molecular flexibility index (Phi) is 6.42. The number of piperidine rings is 1. The summed E-state index contributed by atoms with van der Waals surface area (Å²) in [6.07, 6.45) is 9.50. The summed E-state index contributed by atoms with van der Waals surface area (Å²) >= 11 is 0. The number of aryl methyl sites for hydroxylation is 1. The predicted octanol–water partition coefficient (Wildman–Crippen LogP) is 4.54. The maximum atomic E-state index is 12.9. The van der Waals surface area contributed by atoms with Gasteiger partial charge in [-0.25, -0.2) is 9.97 Å². The van der Waals surface area contributed by atoms with E-state index in [1.165, 1.54) is 19.3 Å². The quantitative estimate of drug-likeness (QED) is 0.443. The van der Waals surface area contributed by atoms with Crippen molar-refractivity contribution in [1.29, 1.82) is 0 Å². The summed E-state index contributed by atoms with van der Waals surface area (Å²) in [4.78, 5) is 24.5. The van der Waals surface area contributed by atoms with Crippen LogP contribution in [0.2, 0.25) is 0 Å². The number of benzene rings is 1. The third kappa shape index (κ3) is 4.88. The Morgan fingerprint density at radius 3 is 2.71 bits per heavy atom. The number of ether oxygens (including phenoxy) is 1. The van der Waals surface area contributed by atoms with E-state index in [0.29, 0.717) is 17.9 Å².